The lowest BCUT2D eigenvalue weighted by Crippen LogP contribution is -2.19. The first-order valence-corrected chi connectivity index (χ1v) is 6.18. The van der Waals surface area contributed by atoms with E-state index in [0.29, 0.717) is 12.0 Å². The van der Waals surface area contributed by atoms with Crippen LogP contribution in [-0.2, 0) is 0 Å². The quantitative estimate of drug-likeness (QED) is 0.880. The molecule has 0 saturated carbocycles. The summed E-state index contributed by atoms with van der Waals surface area (Å²) in [6, 6.07) is 8.22. The van der Waals surface area contributed by atoms with E-state index >= 15 is 0 Å². The maximum absolute atomic E-state index is 11.1. The number of aromatic carboxylic acids is 1. The molecule has 1 aliphatic carbocycles. The molecule has 1 aliphatic rings. The largest absolute Gasteiger partial charge is 0.478 e. The van der Waals surface area contributed by atoms with Gasteiger partial charge in [-0.1, -0.05) is 42.5 Å². The second-order valence-electron chi connectivity index (χ2n) is 4.46. The highest BCUT2D eigenvalue weighted by Gasteiger charge is 2.10. The third-order valence-corrected chi connectivity index (χ3v) is 3.09. The normalized spacial score (nSPS) is 17.4. The molecular weight excluding hydrogens is 252 g/mol. The summed E-state index contributed by atoms with van der Waals surface area (Å²) >= 11 is 0. The number of allylic oxidation sites excluding steroid dienone is 3. The van der Waals surface area contributed by atoms with Gasteiger partial charge in [-0.3, -0.25) is 0 Å². The zero-order chi connectivity index (χ0) is 14.5. The molecule has 0 aliphatic heterocycles. The number of benzene rings is 1. The van der Waals surface area contributed by atoms with E-state index in [1.165, 1.54) is 0 Å². The van der Waals surface area contributed by atoms with Crippen LogP contribution in [0, 0.1) is 11.3 Å². The Kier molecular flexibility index (Phi) is 4.14. The number of hydrogen-bond donors (Lipinski definition) is 2. The number of nitriles is 1. The summed E-state index contributed by atoms with van der Waals surface area (Å²) in [5.74, 6) is -0.944. The van der Waals surface area contributed by atoms with Crippen molar-refractivity contribution in [2.24, 2.45) is 5.73 Å². The zero-order valence-corrected chi connectivity index (χ0v) is 10.8. The molecule has 1 atom stereocenters. The molecule has 0 heterocycles. The van der Waals surface area contributed by atoms with Crippen LogP contribution < -0.4 is 5.73 Å². The van der Waals surface area contributed by atoms with E-state index in [2.05, 4.69) is 0 Å². The summed E-state index contributed by atoms with van der Waals surface area (Å²) in [6.07, 6.45) is 8.03. The monoisotopic (exact) mass is 266 g/mol. The third-order valence-electron chi connectivity index (χ3n) is 3.09. The Morgan fingerprint density at radius 1 is 1.40 bits per heavy atom. The smallest absolute Gasteiger partial charge is 0.336 e. The molecule has 0 aromatic heterocycles. The summed E-state index contributed by atoms with van der Waals surface area (Å²) in [5, 5.41) is 17.9. The third kappa shape index (κ3) is 3.02. The van der Waals surface area contributed by atoms with Crippen LogP contribution >= 0.6 is 0 Å². The van der Waals surface area contributed by atoms with Gasteiger partial charge in [-0.05, 0) is 29.2 Å². The average molecular weight is 266 g/mol. The lowest BCUT2D eigenvalue weighted by molar-refractivity contribution is 0.0696. The van der Waals surface area contributed by atoms with Gasteiger partial charge < -0.3 is 10.8 Å². The fraction of sp³-hybridized carbons (Fsp3) is 0.125. The van der Waals surface area contributed by atoms with Gasteiger partial charge in [0, 0.05) is 0 Å². The highest BCUT2D eigenvalue weighted by molar-refractivity contribution is 5.92. The minimum atomic E-state index is -0.944. The Labute approximate surface area is 117 Å². The van der Waals surface area contributed by atoms with E-state index in [1.807, 2.05) is 24.3 Å². The van der Waals surface area contributed by atoms with E-state index in [1.54, 1.807) is 30.3 Å². The Morgan fingerprint density at radius 3 is 2.75 bits per heavy atom. The lowest BCUT2D eigenvalue weighted by Gasteiger charge is -2.11. The van der Waals surface area contributed by atoms with Gasteiger partial charge in [-0.2, -0.15) is 5.26 Å². The number of rotatable bonds is 3. The summed E-state index contributed by atoms with van der Waals surface area (Å²) in [6.45, 7) is 0. The molecule has 4 nitrogen and oxygen atoms in total. The Balaban J connectivity index is 2.24. The fourth-order valence-electron chi connectivity index (χ4n) is 2.00. The predicted molar refractivity (Wildman–Crippen MR) is 76.8 cm³/mol. The van der Waals surface area contributed by atoms with E-state index < -0.39 is 12.0 Å². The first-order chi connectivity index (χ1) is 9.61. The maximum atomic E-state index is 11.1. The molecule has 2 rings (SSSR count). The molecule has 3 N–H and O–H groups in total. The SMILES string of the molecule is N#CC(N)C1=CCC(=Cc2ccccc2C(=O)O)C=C1. The van der Waals surface area contributed by atoms with Crippen molar-refractivity contribution in [2.75, 3.05) is 0 Å². The molecule has 0 fully saturated rings. The molecule has 20 heavy (non-hydrogen) atoms. The molecule has 0 saturated heterocycles. The van der Waals surface area contributed by atoms with Crippen molar-refractivity contribution in [1.29, 1.82) is 5.26 Å². The molecule has 1 unspecified atom stereocenters. The van der Waals surface area contributed by atoms with Gasteiger partial charge in [-0.25, -0.2) is 4.79 Å². The van der Waals surface area contributed by atoms with Crippen molar-refractivity contribution in [3.63, 3.8) is 0 Å². The summed E-state index contributed by atoms with van der Waals surface area (Å²) in [4.78, 5) is 11.1. The van der Waals surface area contributed by atoms with Crippen molar-refractivity contribution >= 4 is 12.0 Å². The molecule has 1 aromatic carbocycles. The standard InChI is InChI=1S/C16H14N2O2/c17-10-15(18)12-7-5-11(6-8-12)9-13-3-1-2-4-14(13)16(19)20/h1-5,7-9,15H,6,18H2,(H,19,20). The minimum Gasteiger partial charge on any atom is -0.478 e. The van der Waals surface area contributed by atoms with Gasteiger partial charge in [0.05, 0.1) is 11.6 Å². The zero-order valence-electron chi connectivity index (χ0n) is 10.8. The second-order valence-corrected chi connectivity index (χ2v) is 4.46. The van der Waals surface area contributed by atoms with E-state index in [9.17, 15) is 4.79 Å². The number of nitrogens with zero attached hydrogens (tertiary/aromatic N) is 1. The van der Waals surface area contributed by atoms with Crippen LogP contribution in [0.2, 0.25) is 0 Å². The van der Waals surface area contributed by atoms with Crippen LogP contribution in [0.5, 0.6) is 0 Å². The molecule has 0 amide bonds. The van der Waals surface area contributed by atoms with Gasteiger partial charge in [0.2, 0.25) is 0 Å². The van der Waals surface area contributed by atoms with Crippen LogP contribution in [0.1, 0.15) is 22.3 Å². The van der Waals surface area contributed by atoms with E-state index in [0.717, 1.165) is 11.1 Å². The summed E-state index contributed by atoms with van der Waals surface area (Å²) in [5.41, 5.74) is 8.34. The van der Waals surface area contributed by atoms with Crippen molar-refractivity contribution in [1.82, 2.24) is 0 Å². The van der Waals surface area contributed by atoms with Crippen LogP contribution in [0.4, 0.5) is 0 Å². The van der Waals surface area contributed by atoms with Gasteiger partial charge in [-0.15, -0.1) is 0 Å². The molecule has 1 aromatic rings. The maximum Gasteiger partial charge on any atom is 0.336 e. The molecular formula is C16H14N2O2. The Bertz CT molecular complexity index is 663. The van der Waals surface area contributed by atoms with Crippen molar-refractivity contribution < 1.29 is 9.90 Å². The summed E-state index contributed by atoms with van der Waals surface area (Å²) < 4.78 is 0. The number of nitrogens with two attached hydrogens (primary N) is 1. The Morgan fingerprint density at radius 2 is 2.15 bits per heavy atom. The average Bonchev–Trinajstić information content (AvgIpc) is 2.47. The number of hydrogen-bond acceptors (Lipinski definition) is 3. The molecule has 0 radical (unpaired) electrons. The van der Waals surface area contributed by atoms with Crippen LogP contribution in [0.3, 0.4) is 0 Å². The molecule has 0 spiro atoms. The van der Waals surface area contributed by atoms with E-state index in [-0.39, 0.29) is 5.56 Å². The predicted octanol–water partition coefficient (Wildman–Crippen LogP) is 2.51. The topological polar surface area (TPSA) is 87.1 Å². The highest BCUT2D eigenvalue weighted by atomic mass is 16.4. The fourth-order valence-corrected chi connectivity index (χ4v) is 2.00. The van der Waals surface area contributed by atoms with Gasteiger partial charge in [0.25, 0.3) is 0 Å². The van der Waals surface area contributed by atoms with Gasteiger partial charge in [0.15, 0.2) is 0 Å². The van der Waals surface area contributed by atoms with Crippen LogP contribution in [0.15, 0.2) is 53.6 Å². The molecule has 100 valence electrons. The number of carbonyl (C=O) groups is 1. The van der Waals surface area contributed by atoms with Crippen molar-refractivity contribution in [3.05, 3.63) is 64.8 Å². The van der Waals surface area contributed by atoms with Crippen LogP contribution in [-0.4, -0.2) is 17.1 Å². The summed E-state index contributed by atoms with van der Waals surface area (Å²) in [7, 11) is 0. The molecule has 4 heteroatoms. The number of carboxylic acid groups (broad SMARTS) is 1. The first-order valence-electron chi connectivity index (χ1n) is 6.18. The minimum absolute atomic E-state index is 0.275. The Hall–Kier alpha value is -2.64. The lowest BCUT2D eigenvalue weighted by atomic mass is 9.95. The van der Waals surface area contributed by atoms with Crippen molar-refractivity contribution in [2.45, 2.75) is 12.5 Å². The van der Waals surface area contributed by atoms with Crippen LogP contribution in [0.25, 0.3) is 6.08 Å². The second kappa shape index (κ2) is 6.00. The number of carboxylic acids is 1. The highest BCUT2D eigenvalue weighted by Crippen LogP contribution is 2.21. The molecule has 0 bridgehead atoms. The first kappa shape index (κ1) is 13.8. The van der Waals surface area contributed by atoms with E-state index in [4.69, 9.17) is 16.1 Å². The van der Waals surface area contributed by atoms with Crippen molar-refractivity contribution in [3.8, 4) is 6.07 Å². The van der Waals surface area contributed by atoms with Gasteiger partial charge in [0.1, 0.15) is 6.04 Å². The van der Waals surface area contributed by atoms with Gasteiger partial charge >= 0.3 is 5.97 Å².